The Kier molecular flexibility index (Phi) is 12.0. The summed E-state index contributed by atoms with van der Waals surface area (Å²) in [6.07, 6.45) is 3.34. The Hall–Kier alpha value is -5.52. The van der Waals surface area contributed by atoms with Crippen molar-refractivity contribution in [2.24, 2.45) is 5.92 Å². The van der Waals surface area contributed by atoms with Crippen LogP contribution in [0.3, 0.4) is 0 Å². The van der Waals surface area contributed by atoms with Crippen LogP contribution in [0, 0.1) is 5.92 Å². The van der Waals surface area contributed by atoms with E-state index in [9.17, 15) is 24.0 Å². The molecule has 6 rings (SSSR count). The molecule has 2 bridgehead atoms. The average Bonchev–Trinajstić information content (AvgIpc) is 3.58. The molecule has 12 heteroatoms. The maximum Gasteiger partial charge on any atom is 0.254 e. The molecule has 12 nitrogen and oxygen atoms in total. The number of fused-ring (bicyclic) bond motifs is 19. The minimum Gasteiger partial charge on any atom is -0.354 e. The molecule has 5 amide bonds. The van der Waals surface area contributed by atoms with Gasteiger partial charge in [-0.3, -0.25) is 24.0 Å². The van der Waals surface area contributed by atoms with Crippen molar-refractivity contribution in [2.75, 3.05) is 13.1 Å². The molecule has 0 radical (unpaired) electrons. The van der Waals surface area contributed by atoms with Crippen LogP contribution in [-0.4, -0.2) is 75.6 Å². The molecule has 1 aromatic heterocycles. The van der Waals surface area contributed by atoms with Crippen molar-refractivity contribution in [1.29, 1.82) is 0 Å². The molecule has 3 atom stereocenters. The Bertz CT molecular complexity index is 1810. The van der Waals surface area contributed by atoms with Crippen molar-refractivity contribution < 1.29 is 24.0 Å². The predicted molar refractivity (Wildman–Crippen MR) is 190 cm³/mol. The van der Waals surface area contributed by atoms with Crippen LogP contribution in [-0.2, 0) is 27.3 Å². The van der Waals surface area contributed by atoms with Gasteiger partial charge in [-0.1, -0.05) is 56.3 Å². The van der Waals surface area contributed by atoms with Gasteiger partial charge in [-0.15, -0.1) is 0 Å². The Labute approximate surface area is 291 Å². The lowest BCUT2D eigenvalue weighted by Crippen LogP contribution is -2.57. The third-order valence-corrected chi connectivity index (χ3v) is 8.69. The van der Waals surface area contributed by atoms with Crippen molar-refractivity contribution in [3.05, 3.63) is 101 Å². The first-order valence-electron chi connectivity index (χ1n) is 17.1. The topological polar surface area (TPSA) is 165 Å². The molecule has 0 saturated carbocycles. The molecule has 0 spiro atoms. The Morgan fingerprint density at radius 2 is 1.60 bits per heavy atom. The van der Waals surface area contributed by atoms with Gasteiger partial charge in [-0.25, -0.2) is 4.98 Å². The zero-order valence-corrected chi connectivity index (χ0v) is 28.7. The van der Waals surface area contributed by atoms with Crippen LogP contribution in [0.1, 0.15) is 71.9 Å². The van der Waals surface area contributed by atoms with Gasteiger partial charge in [0.25, 0.3) is 11.8 Å². The first kappa shape index (κ1) is 35.8. The number of benzene rings is 3. The van der Waals surface area contributed by atoms with Crippen molar-refractivity contribution in [3.63, 3.8) is 0 Å². The second kappa shape index (κ2) is 16.7. The summed E-state index contributed by atoms with van der Waals surface area (Å²) in [5.74, 6) is -1.89. The van der Waals surface area contributed by atoms with Crippen molar-refractivity contribution in [3.8, 4) is 0 Å². The summed E-state index contributed by atoms with van der Waals surface area (Å²) in [5, 5.41) is 11.3. The van der Waals surface area contributed by atoms with Gasteiger partial charge >= 0.3 is 0 Å². The van der Waals surface area contributed by atoms with E-state index >= 15 is 0 Å². The molecule has 0 aliphatic carbocycles. The molecule has 0 saturated heterocycles. The van der Waals surface area contributed by atoms with Gasteiger partial charge in [0, 0.05) is 37.2 Å². The number of amides is 5. The van der Waals surface area contributed by atoms with Crippen molar-refractivity contribution in [1.82, 2.24) is 36.1 Å². The molecule has 5 N–H and O–H groups in total. The summed E-state index contributed by atoms with van der Waals surface area (Å²) in [6, 6.07) is 18.8. The SMILES string of the molecule is CC(C)C[C@@H]1NC(=O)[C@@H](Cc2ccccc2)NC(=O)c2ccc(cc2)CN(C(=O)c2ccc3nc[nH]c3c2)CCCCNC(=O)[C@@H](C)NC1=O. The summed E-state index contributed by atoms with van der Waals surface area (Å²) >= 11 is 0. The average molecular weight is 680 g/mol. The molecule has 4 aromatic rings. The quantitative estimate of drug-likeness (QED) is 0.203. The van der Waals surface area contributed by atoms with E-state index in [-0.39, 0.29) is 24.2 Å². The highest BCUT2D eigenvalue weighted by Crippen LogP contribution is 2.17. The molecular formula is C38H45N7O5. The maximum atomic E-state index is 13.8. The van der Waals surface area contributed by atoms with E-state index in [1.807, 2.05) is 44.2 Å². The smallest absolute Gasteiger partial charge is 0.254 e. The summed E-state index contributed by atoms with van der Waals surface area (Å²) < 4.78 is 0. The van der Waals surface area contributed by atoms with Gasteiger partial charge in [-0.05, 0) is 73.6 Å². The van der Waals surface area contributed by atoms with Gasteiger partial charge in [0.2, 0.25) is 17.7 Å². The lowest BCUT2D eigenvalue weighted by molar-refractivity contribution is -0.132. The van der Waals surface area contributed by atoms with Gasteiger partial charge < -0.3 is 31.2 Å². The van der Waals surface area contributed by atoms with Gasteiger partial charge in [0.05, 0.1) is 17.4 Å². The van der Waals surface area contributed by atoms with Crippen LogP contribution < -0.4 is 21.3 Å². The highest BCUT2D eigenvalue weighted by Gasteiger charge is 2.29. The summed E-state index contributed by atoms with van der Waals surface area (Å²) in [6.45, 7) is 6.56. The highest BCUT2D eigenvalue weighted by atomic mass is 16.2. The largest absolute Gasteiger partial charge is 0.354 e. The first-order valence-corrected chi connectivity index (χ1v) is 17.1. The third-order valence-electron chi connectivity index (χ3n) is 8.69. The maximum absolute atomic E-state index is 13.8. The van der Waals surface area contributed by atoms with Crippen molar-refractivity contribution >= 4 is 40.6 Å². The second-order valence-corrected chi connectivity index (χ2v) is 13.2. The van der Waals surface area contributed by atoms with E-state index < -0.39 is 35.8 Å². The van der Waals surface area contributed by atoms with E-state index in [0.717, 1.165) is 22.2 Å². The minimum atomic E-state index is -0.984. The van der Waals surface area contributed by atoms with Gasteiger partial charge in [0.15, 0.2) is 0 Å². The molecule has 2 aliphatic rings. The van der Waals surface area contributed by atoms with E-state index in [1.54, 1.807) is 60.6 Å². The fourth-order valence-corrected chi connectivity index (χ4v) is 5.93. The number of nitrogens with zero attached hydrogens (tertiary/aromatic N) is 2. The fraction of sp³-hybridized carbons (Fsp3) is 0.368. The third kappa shape index (κ3) is 9.55. The molecule has 2 aliphatic heterocycles. The van der Waals surface area contributed by atoms with Crippen LogP contribution in [0.15, 0.2) is 79.1 Å². The molecule has 0 unspecified atom stereocenters. The lowest BCUT2D eigenvalue weighted by atomic mass is 10.0. The van der Waals surface area contributed by atoms with E-state index in [2.05, 4.69) is 31.2 Å². The number of imidazole rings is 1. The standard InChI is InChI=1S/C38H45N7O5/c1-24(2)19-32-36(48)42-25(3)34(46)39-17-7-8-18-45(38(50)29-15-16-30-31(21-29)41-23-40-30)22-27-11-13-28(14-12-27)35(47)43-33(37(49)44-32)20-26-9-5-4-6-10-26/h4-6,9-16,21,23-25,32-33H,7-8,17-20,22H2,1-3H3,(H,39,46)(H,40,41)(H,42,48)(H,43,47)(H,44,49)/t25-,32+,33-/m1/s1. The Morgan fingerprint density at radius 3 is 2.34 bits per heavy atom. The normalized spacial score (nSPS) is 20.1. The number of aromatic nitrogens is 2. The second-order valence-electron chi connectivity index (χ2n) is 13.2. The molecule has 3 heterocycles. The Balaban J connectivity index is 1.41. The van der Waals surface area contributed by atoms with Crippen LogP contribution >= 0.6 is 0 Å². The summed E-state index contributed by atoms with van der Waals surface area (Å²) in [7, 11) is 0. The number of aromatic amines is 1. The minimum absolute atomic E-state index is 0.0603. The molecule has 262 valence electrons. The number of H-pyrrole nitrogens is 1. The molecular weight excluding hydrogens is 634 g/mol. The van der Waals surface area contributed by atoms with Crippen LogP contribution in [0.25, 0.3) is 11.0 Å². The highest BCUT2D eigenvalue weighted by molar-refractivity contribution is 5.99. The zero-order valence-electron chi connectivity index (χ0n) is 28.7. The van der Waals surface area contributed by atoms with E-state index in [0.29, 0.717) is 50.0 Å². The van der Waals surface area contributed by atoms with Crippen molar-refractivity contribution in [2.45, 2.75) is 71.1 Å². The molecule has 3 aromatic carbocycles. The summed E-state index contributed by atoms with van der Waals surface area (Å²) in [5.41, 5.74) is 4.04. The number of nitrogens with one attached hydrogen (secondary N) is 5. The number of hydrogen-bond acceptors (Lipinski definition) is 6. The van der Waals surface area contributed by atoms with Gasteiger partial charge in [0.1, 0.15) is 18.1 Å². The first-order chi connectivity index (χ1) is 24.1. The molecule has 0 fully saturated rings. The fourth-order valence-electron chi connectivity index (χ4n) is 5.93. The number of hydrogen-bond donors (Lipinski definition) is 5. The number of carbonyl (C=O) groups excluding carboxylic acids is 5. The van der Waals surface area contributed by atoms with E-state index in [4.69, 9.17) is 0 Å². The van der Waals surface area contributed by atoms with Gasteiger partial charge in [-0.2, -0.15) is 0 Å². The monoisotopic (exact) mass is 679 g/mol. The predicted octanol–water partition coefficient (Wildman–Crippen LogP) is 3.49. The van der Waals surface area contributed by atoms with Crippen LogP contribution in [0.2, 0.25) is 0 Å². The molecule has 50 heavy (non-hydrogen) atoms. The number of rotatable bonds is 5. The number of carbonyl (C=O) groups is 5. The van der Waals surface area contributed by atoms with Crippen LogP contribution in [0.5, 0.6) is 0 Å². The van der Waals surface area contributed by atoms with Crippen LogP contribution in [0.4, 0.5) is 0 Å². The zero-order chi connectivity index (χ0) is 35.6. The Morgan fingerprint density at radius 1 is 0.860 bits per heavy atom. The summed E-state index contributed by atoms with van der Waals surface area (Å²) in [4.78, 5) is 76.5. The lowest BCUT2D eigenvalue weighted by Gasteiger charge is -2.25. The van der Waals surface area contributed by atoms with E-state index in [1.165, 1.54) is 0 Å².